The molecular weight excluding hydrogens is 430 g/mol. The van der Waals surface area contributed by atoms with Gasteiger partial charge < -0.3 is 14.7 Å². The monoisotopic (exact) mass is 457 g/mol. The van der Waals surface area contributed by atoms with Crippen molar-refractivity contribution in [3.05, 3.63) is 106 Å². The number of benzene rings is 2. The summed E-state index contributed by atoms with van der Waals surface area (Å²) in [5.74, 6) is -0.0845. The third-order valence-corrected chi connectivity index (χ3v) is 6.43. The van der Waals surface area contributed by atoms with Crippen LogP contribution in [-0.2, 0) is 0 Å². The van der Waals surface area contributed by atoms with Gasteiger partial charge in [-0.2, -0.15) is 0 Å². The second-order valence-electron chi connectivity index (χ2n) is 8.90. The summed E-state index contributed by atoms with van der Waals surface area (Å²) in [5, 5.41) is 12.7. The zero-order chi connectivity index (χ0) is 23.8. The lowest BCUT2D eigenvalue weighted by molar-refractivity contribution is 0.0588. The highest BCUT2D eigenvalue weighted by Gasteiger charge is 2.40. The van der Waals surface area contributed by atoms with E-state index < -0.39 is 11.2 Å². The van der Waals surface area contributed by atoms with E-state index in [2.05, 4.69) is 0 Å². The molecule has 2 atom stereocenters. The van der Waals surface area contributed by atoms with Gasteiger partial charge >= 0.3 is 0 Å². The van der Waals surface area contributed by atoms with Gasteiger partial charge in [-0.15, -0.1) is 0 Å². The minimum atomic E-state index is -0.581. The van der Waals surface area contributed by atoms with Gasteiger partial charge in [-0.05, 0) is 23.6 Å². The Morgan fingerprint density at radius 2 is 1.74 bits per heavy atom. The minimum Gasteiger partial charge on any atom is -0.502 e. The Bertz CT molecular complexity index is 1300. The molecule has 1 N–H and O–H groups in total. The summed E-state index contributed by atoms with van der Waals surface area (Å²) in [7, 11) is 0. The third kappa shape index (κ3) is 3.63. The van der Waals surface area contributed by atoms with Crippen LogP contribution >= 0.6 is 0 Å². The summed E-state index contributed by atoms with van der Waals surface area (Å²) in [6, 6.07) is 18.5. The number of carbonyl (C=O) groups excluding carboxylic acids is 1. The number of fused-ring (bicyclic) bond motifs is 5. The smallest absolute Gasteiger partial charge is 0.278 e. The van der Waals surface area contributed by atoms with Crippen LogP contribution in [0.2, 0.25) is 0 Å². The predicted molar refractivity (Wildman–Crippen MR) is 130 cm³/mol. The fourth-order valence-electron chi connectivity index (χ4n) is 4.79. The van der Waals surface area contributed by atoms with Crippen LogP contribution in [0.3, 0.4) is 0 Å². The molecule has 1 aromatic heterocycles. The molecule has 0 fully saturated rings. The summed E-state index contributed by atoms with van der Waals surface area (Å²) >= 11 is 0. The van der Waals surface area contributed by atoms with Crippen molar-refractivity contribution in [3.8, 4) is 11.5 Å². The van der Waals surface area contributed by atoms with Gasteiger partial charge in [0, 0.05) is 17.8 Å². The number of rotatable bonds is 2. The van der Waals surface area contributed by atoms with Crippen molar-refractivity contribution >= 4 is 5.91 Å². The Labute approximate surface area is 198 Å². The molecule has 0 unspecified atom stereocenters. The topological polar surface area (TPSA) is 75.0 Å². The number of aromatic hydroxyl groups is 1. The average Bonchev–Trinajstić information content (AvgIpc) is 2.86. The number of para-hydroxylation sites is 1. The maximum Gasteiger partial charge on any atom is 0.278 e. The molecule has 5 rings (SSSR count). The summed E-state index contributed by atoms with van der Waals surface area (Å²) in [6.45, 7) is 4.71. The Kier molecular flexibility index (Phi) is 5.61. The molecular formula is C27H27N3O4. The van der Waals surface area contributed by atoms with E-state index in [0.717, 1.165) is 16.9 Å². The van der Waals surface area contributed by atoms with Crippen LogP contribution in [0.4, 0.5) is 0 Å². The molecule has 174 valence electrons. The van der Waals surface area contributed by atoms with Crippen LogP contribution in [0.25, 0.3) is 0 Å². The number of nitrogens with zero attached hydrogens (tertiary/aromatic N) is 3. The largest absolute Gasteiger partial charge is 0.502 e. The third-order valence-electron chi connectivity index (χ3n) is 6.43. The summed E-state index contributed by atoms with van der Waals surface area (Å²) in [5.41, 5.74) is 1.30. The zero-order valence-corrected chi connectivity index (χ0v) is 19.2. The van der Waals surface area contributed by atoms with Gasteiger partial charge in [-0.25, -0.2) is 0 Å². The number of aromatic nitrogens is 1. The molecule has 7 nitrogen and oxygen atoms in total. The van der Waals surface area contributed by atoms with Crippen molar-refractivity contribution in [2.75, 3.05) is 18.3 Å². The first-order valence-electron chi connectivity index (χ1n) is 11.4. The van der Waals surface area contributed by atoms with Crippen LogP contribution in [0.15, 0.2) is 83.8 Å². The molecule has 7 heteroatoms. The molecule has 0 spiro atoms. The highest BCUT2D eigenvalue weighted by Crippen LogP contribution is 2.37. The molecule has 2 aliphatic rings. The fourth-order valence-corrected chi connectivity index (χ4v) is 4.79. The van der Waals surface area contributed by atoms with Crippen molar-refractivity contribution in [1.29, 1.82) is 0 Å². The maximum atomic E-state index is 13.7. The molecule has 2 aliphatic heterocycles. The molecule has 0 saturated heterocycles. The minimum absolute atomic E-state index is 0.0311. The molecule has 0 radical (unpaired) electrons. The van der Waals surface area contributed by atoms with Gasteiger partial charge in [0.25, 0.3) is 5.91 Å². The first kappa shape index (κ1) is 21.8. The maximum absolute atomic E-state index is 13.7. The summed E-state index contributed by atoms with van der Waals surface area (Å²) in [4.78, 5) is 27.8. The van der Waals surface area contributed by atoms with Crippen LogP contribution in [-0.4, -0.2) is 39.9 Å². The fraction of sp³-hybridized carbons (Fsp3) is 0.259. The zero-order valence-electron chi connectivity index (χ0n) is 19.2. The van der Waals surface area contributed by atoms with Crippen molar-refractivity contribution < 1.29 is 14.6 Å². The van der Waals surface area contributed by atoms with E-state index in [-0.39, 0.29) is 36.3 Å². The van der Waals surface area contributed by atoms with Crippen LogP contribution in [0, 0.1) is 5.92 Å². The Morgan fingerprint density at radius 1 is 1.00 bits per heavy atom. The standard InChI is InChI=1S/C27H27N3O4/c1-18(2)21-12-8-16-34-23-13-7-6-11-20(23)24(19-9-4-3-5-10-19)30-17-28(21)27(33)25-26(32)22(31)14-15-29(25)30/h3-15,18,21,24,32H,16-17H2,1-2H3/b12-8+/t21-,24+/m0/s1. The van der Waals surface area contributed by atoms with Crippen molar-refractivity contribution in [2.24, 2.45) is 5.92 Å². The highest BCUT2D eigenvalue weighted by atomic mass is 16.5. The van der Waals surface area contributed by atoms with Crippen LogP contribution in [0.1, 0.15) is 41.5 Å². The molecule has 0 saturated carbocycles. The van der Waals surface area contributed by atoms with E-state index in [1.807, 2.05) is 85.6 Å². The SMILES string of the molecule is CC(C)[C@@H]1/C=C/COc2ccccc2[C@@H](c2ccccc2)N2CN1C(=O)c1c(O)c(=O)ccn12. The van der Waals surface area contributed by atoms with E-state index >= 15 is 0 Å². The number of hydrogen-bond acceptors (Lipinski definition) is 5. The van der Waals surface area contributed by atoms with Gasteiger partial charge in [0.15, 0.2) is 11.4 Å². The summed E-state index contributed by atoms with van der Waals surface area (Å²) < 4.78 is 7.79. The molecule has 3 heterocycles. The van der Waals surface area contributed by atoms with Gasteiger partial charge in [0.1, 0.15) is 25.1 Å². The second kappa shape index (κ2) is 8.74. The summed E-state index contributed by atoms with van der Waals surface area (Å²) in [6.07, 6.45) is 5.46. The number of hydrogen-bond donors (Lipinski definition) is 1. The molecule has 34 heavy (non-hydrogen) atoms. The lowest BCUT2D eigenvalue weighted by atomic mass is 9.96. The lowest BCUT2D eigenvalue weighted by Crippen LogP contribution is -2.58. The first-order chi connectivity index (χ1) is 16.5. The van der Waals surface area contributed by atoms with E-state index in [9.17, 15) is 14.7 Å². The van der Waals surface area contributed by atoms with Crippen LogP contribution < -0.4 is 15.2 Å². The Hall–Kier alpha value is -4.00. The Morgan fingerprint density at radius 3 is 2.50 bits per heavy atom. The van der Waals surface area contributed by atoms with Crippen molar-refractivity contribution in [2.45, 2.75) is 25.9 Å². The van der Waals surface area contributed by atoms with Gasteiger partial charge in [-0.3, -0.25) is 19.3 Å². The van der Waals surface area contributed by atoms with E-state index in [1.165, 1.54) is 6.07 Å². The molecule has 3 aromatic rings. The van der Waals surface area contributed by atoms with Crippen molar-refractivity contribution in [3.63, 3.8) is 0 Å². The Balaban J connectivity index is 1.82. The van der Waals surface area contributed by atoms with Gasteiger partial charge in [0.05, 0.1) is 6.04 Å². The van der Waals surface area contributed by atoms with Gasteiger partial charge in [0.2, 0.25) is 5.43 Å². The van der Waals surface area contributed by atoms with Crippen molar-refractivity contribution in [1.82, 2.24) is 9.58 Å². The lowest BCUT2D eigenvalue weighted by Gasteiger charge is -2.46. The average molecular weight is 458 g/mol. The van der Waals surface area contributed by atoms with E-state index in [4.69, 9.17) is 4.74 Å². The number of carbonyl (C=O) groups is 1. The molecule has 2 bridgehead atoms. The number of pyridine rings is 1. The highest BCUT2D eigenvalue weighted by molar-refractivity contribution is 5.96. The molecule has 2 aromatic carbocycles. The number of amides is 1. The van der Waals surface area contributed by atoms with E-state index in [0.29, 0.717) is 6.61 Å². The quantitative estimate of drug-likeness (QED) is 0.595. The normalized spacial score (nSPS) is 20.7. The first-order valence-corrected chi connectivity index (χ1v) is 11.4. The van der Waals surface area contributed by atoms with Crippen LogP contribution in [0.5, 0.6) is 11.5 Å². The van der Waals surface area contributed by atoms with E-state index in [1.54, 1.807) is 15.8 Å². The predicted octanol–water partition coefficient (Wildman–Crippen LogP) is 3.67. The number of ether oxygens (including phenoxy) is 1. The second-order valence-corrected chi connectivity index (χ2v) is 8.90. The molecule has 0 aliphatic carbocycles. The molecule has 1 amide bonds. The van der Waals surface area contributed by atoms with Gasteiger partial charge in [-0.1, -0.05) is 68.5 Å².